The minimum atomic E-state index is -1.26. The van der Waals surface area contributed by atoms with Gasteiger partial charge >= 0.3 is 17.9 Å². The lowest BCUT2D eigenvalue weighted by atomic mass is 10.0. The van der Waals surface area contributed by atoms with E-state index in [1.807, 2.05) is 0 Å². The van der Waals surface area contributed by atoms with Gasteiger partial charge in [0.05, 0.1) is 6.61 Å². The highest BCUT2D eigenvalue weighted by molar-refractivity contribution is 5.89. The molecule has 0 atom stereocenters. The monoisotopic (exact) mass is 653 g/mol. The molecule has 0 aliphatic heterocycles. The van der Waals surface area contributed by atoms with Gasteiger partial charge in [0.2, 0.25) is 0 Å². The summed E-state index contributed by atoms with van der Waals surface area (Å²) in [6.07, 6.45) is 44.2. The summed E-state index contributed by atoms with van der Waals surface area (Å²) in [5.74, 6) is -2.49. The van der Waals surface area contributed by atoms with Gasteiger partial charge in [-0.2, -0.15) is 0 Å². The van der Waals surface area contributed by atoms with Crippen molar-refractivity contribution in [3.8, 4) is 0 Å². The van der Waals surface area contributed by atoms with Crippen molar-refractivity contribution in [3.63, 3.8) is 0 Å². The van der Waals surface area contributed by atoms with E-state index in [4.69, 9.17) is 14.9 Å². The van der Waals surface area contributed by atoms with Crippen LogP contribution in [0, 0.1) is 0 Å². The molecule has 0 aliphatic carbocycles. The maximum Gasteiger partial charge on any atom is 0.328 e. The van der Waals surface area contributed by atoms with E-state index in [1.54, 1.807) is 0 Å². The lowest BCUT2D eigenvalue weighted by Gasteiger charge is -2.06. The molecule has 2 N–H and O–H groups in total. The summed E-state index contributed by atoms with van der Waals surface area (Å²) in [7, 11) is 0. The first-order chi connectivity index (χ1) is 22.4. The van der Waals surface area contributed by atoms with Gasteiger partial charge in [0, 0.05) is 18.6 Å². The Balaban J connectivity index is 0. The van der Waals surface area contributed by atoms with E-state index in [2.05, 4.69) is 13.8 Å². The topological polar surface area (TPSA) is 101 Å². The van der Waals surface area contributed by atoms with Crippen molar-refractivity contribution in [1.82, 2.24) is 0 Å². The number of unbranched alkanes of at least 4 members (excludes halogenated alkanes) is 29. The van der Waals surface area contributed by atoms with E-state index >= 15 is 0 Å². The van der Waals surface area contributed by atoms with E-state index in [-0.39, 0.29) is 5.97 Å². The molecule has 6 nitrogen and oxygen atoms in total. The van der Waals surface area contributed by atoms with Crippen LogP contribution in [0.3, 0.4) is 0 Å². The average molecular weight is 653 g/mol. The molecule has 0 saturated heterocycles. The third-order valence-corrected chi connectivity index (χ3v) is 8.61. The quantitative estimate of drug-likeness (QED) is 0.0401. The van der Waals surface area contributed by atoms with Crippen LogP contribution in [0.2, 0.25) is 0 Å². The van der Waals surface area contributed by atoms with Crippen molar-refractivity contribution in [1.29, 1.82) is 0 Å². The number of esters is 1. The second kappa shape index (κ2) is 41.2. The zero-order valence-corrected chi connectivity index (χ0v) is 30.5. The molecule has 0 unspecified atom stereocenters. The van der Waals surface area contributed by atoms with Gasteiger partial charge in [-0.15, -0.1) is 0 Å². The minimum Gasteiger partial charge on any atom is -0.478 e. The molecule has 0 aromatic carbocycles. The molecule has 0 radical (unpaired) electrons. The summed E-state index contributed by atoms with van der Waals surface area (Å²) in [6.45, 7) is 5.22. The average Bonchev–Trinajstić information content (AvgIpc) is 3.03. The molecule has 0 rings (SSSR count). The predicted octanol–water partition coefficient (Wildman–Crippen LogP) is 12.8. The Hall–Kier alpha value is -1.85. The van der Waals surface area contributed by atoms with Crippen LogP contribution < -0.4 is 0 Å². The van der Waals surface area contributed by atoms with Gasteiger partial charge in [0.1, 0.15) is 0 Å². The summed E-state index contributed by atoms with van der Waals surface area (Å²) < 4.78 is 5.44. The Kier molecular flexibility index (Phi) is 41.4. The number of carbonyl (C=O) groups excluding carboxylic acids is 1. The summed E-state index contributed by atoms with van der Waals surface area (Å²) in [4.78, 5) is 31.0. The predicted molar refractivity (Wildman–Crippen MR) is 194 cm³/mol. The van der Waals surface area contributed by atoms with E-state index in [0.717, 1.165) is 12.8 Å². The van der Waals surface area contributed by atoms with Crippen molar-refractivity contribution in [2.45, 2.75) is 219 Å². The molecule has 272 valence electrons. The lowest BCUT2D eigenvalue weighted by molar-refractivity contribution is -0.144. The van der Waals surface area contributed by atoms with Gasteiger partial charge in [0.15, 0.2) is 0 Å². The fourth-order valence-electron chi connectivity index (χ4n) is 5.69. The molecule has 0 spiro atoms. The highest BCUT2D eigenvalue weighted by Crippen LogP contribution is 2.15. The van der Waals surface area contributed by atoms with Crippen molar-refractivity contribution >= 4 is 17.9 Å². The fraction of sp³-hybridized carbons (Fsp3) is 0.875. The molecular formula is C40H76O6. The summed E-state index contributed by atoms with van der Waals surface area (Å²) in [5, 5.41) is 15.6. The van der Waals surface area contributed by atoms with E-state index < -0.39 is 11.9 Å². The molecule has 0 heterocycles. The zero-order chi connectivity index (χ0) is 34.2. The molecule has 0 amide bonds. The largest absolute Gasteiger partial charge is 0.478 e. The first-order valence-electron chi connectivity index (χ1n) is 19.7. The Bertz CT molecular complexity index is 659. The molecular weight excluding hydrogens is 576 g/mol. The maximum absolute atomic E-state index is 11.9. The van der Waals surface area contributed by atoms with Crippen molar-refractivity contribution in [2.24, 2.45) is 0 Å². The first kappa shape index (κ1) is 46.3. The van der Waals surface area contributed by atoms with Crippen LogP contribution in [0.15, 0.2) is 12.2 Å². The first-order valence-corrected chi connectivity index (χ1v) is 19.7. The van der Waals surface area contributed by atoms with Crippen LogP contribution in [0.25, 0.3) is 0 Å². The molecule has 6 heteroatoms. The Morgan fingerprint density at radius 3 is 0.891 bits per heavy atom. The van der Waals surface area contributed by atoms with E-state index in [0.29, 0.717) is 25.2 Å². The molecule has 0 aliphatic rings. The Morgan fingerprint density at radius 1 is 0.391 bits per heavy atom. The van der Waals surface area contributed by atoms with Gasteiger partial charge in [-0.3, -0.25) is 4.79 Å². The second-order valence-electron chi connectivity index (χ2n) is 13.2. The lowest BCUT2D eigenvalue weighted by Crippen LogP contribution is -2.05. The number of carbonyl (C=O) groups is 3. The van der Waals surface area contributed by atoms with E-state index in [1.165, 1.54) is 186 Å². The molecule has 0 bridgehead atoms. The summed E-state index contributed by atoms with van der Waals surface area (Å²) in [6, 6.07) is 0. The van der Waals surface area contributed by atoms with E-state index in [9.17, 15) is 14.4 Å². The third-order valence-electron chi connectivity index (χ3n) is 8.61. The van der Waals surface area contributed by atoms with Gasteiger partial charge in [-0.1, -0.05) is 200 Å². The standard InChI is InChI=1S/C36H72O2.C4H4O4/c1-3-5-7-9-11-13-15-17-19-21-23-25-27-29-31-33-35-38-36(37)34-32-30-28-26-24-22-20-18-16-14-12-10-8-6-4-2;5-3(6)1-2-4(7)8/h3-35H2,1-2H3;1-2H,(H,5,6)(H,7,8). The molecule has 0 saturated carbocycles. The normalized spacial score (nSPS) is 11.0. The Morgan fingerprint density at radius 2 is 0.630 bits per heavy atom. The van der Waals surface area contributed by atoms with Crippen LogP contribution in [-0.2, 0) is 19.1 Å². The van der Waals surface area contributed by atoms with Gasteiger partial charge in [-0.25, -0.2) is 9.59 Å². The minimum absolute atomic E-state index is 0.0284. The van der Waals surface area contributed by atoms with Crippen molar-refractivity contribution in [3.05, 3.63) is 12.2 Å². The number of rotatable bonds is 35. The zero-order valence-electron chi connectivity index (χ0n) is 30.5. The summed E-state index contributed by atoms with van der Waals surface area (Å²) in [5.41, 5.74) is 0. The van der Waals surface area contributed by atoms with Crippen LogP contribution in [0.5, 0.6) is 0 Å². The van der Waals surface area contributed by atoms with Crippen LogP contribution in [0.1, 0.15) is 219 Å². The number of hydrogen-bond donors (Lipinski definition) is 2. The highest BCUT2D eigenvalue weighted by Gasteiger charge is 2.03. The van der Waals surface area contributed by atoms with Gasteiger partial charge in [-0.05, 0) is 12.8 Å². The van der Waals surface area contributed by atoms with Crippen LogP contribution in [-0.4, -0.2) is 34.7 Å². The molecule has 0 aromatic rings. The summed E-state index contributed by atoms with van der Waals surface area (Å²) >= 11 is 0. The van der Waals surface area contributed by atoms with Crippen LogP contribution >= 0.6 is 0 Å². The van der Waals surface area contributed by atoms with Crippen LogP contribution in [0.4, 0.5) is 0 Å². The SMILES string of the molecule is CCCCCCCCCCCCCCCCCCOC(=O)CCCCCCCCCCCCCCCCC.O=C(O)C=CC(=O)O. The van der Waals surface area contributed by atoms with Gasteiger partial charge in [0.25, 0.3) is 0 Å². The van der Waals surface area contributed by atoms with Crippen molar-refractivity contribution in [2.75, 3.05) is 6.61 Å². The molecule has 0 fully saturated rings. The second-order valence-corrected chi connectivity index (χ2v) is 13.2. The number of hydrogen-bond acceptors (Lipinski definition) is 4. The smallest absolute Gasteiger partial charge is 0.328 e. The third kappa shape index (κ3) is 46.6. The van der Waals surface area contributed by atoms with Crippen molar-refractivity contribution < 1.29 is 29.3 Å². The number of aliphatic carboxylic acids is 2. The number of ether oxygens (including phenoxy) is 1. The fourth-order valence-corrected chi connectivity index (χ4v) is 5.69. The molecule has 46 heavy (non-hydrogen) atoms. The maximum atomic E-state index is 11.9. The number of carboxylic acids is 2. The molecule has 0 aromatic heterocycles. The van der Waals surface area contributed by atoms with Gasteiger partial charge < -0.3 is 14.9 Å². The highest BCUT2D eigenvalue weighted by atomic mass is 16.5. The number of carboxylic acid groups (broad SMARTS) is 2. The Labute approximate surface area is 284 Å².